The van der Waals surface area contributed by atoms with Crippen LogP contribution in [0.1, 0.15) is 51.7 Å². The van der Waals surface area contributed by atoms with E-state index in [1.807, 2.05) is 6.92 Å². The van der Waals surface area contributed by atoms with Gasteiger partial charge in [-0.25, -0.2) is 4.99 Å². The van der Waals surface area contributed by atoms with Crippen LogP contribution >= 0.6 is 24.0 Å². The van der Waals surface area contributed by atoms with E-state index in [2.05, 4.69) is 60.6 Å². The van der Waals surface area contributed by atoms with Crippen LogP contribution in [0.4, 0.5) is 0 Å². The Kier molecular flexibility index (Phi) is 16.7. The van der Waals surface area contributed by atoms with Crippen LogP contribution in [0, 0.1) is 0 Å². The molecule has 0 aliphatic heterocycles. The molecule has 0 aliphatic carbocycles. The van der Waals surface area contributed by atoms with Gasteiger partial charge in [-0.2, -0.15) is 0 Å². The van der Waals surface area contributed by atoms with Crippen LogP contribution in [-0.4, -0.2) is 50.3 Å². The van der Waals surface area contributed by atoms with Gasteiger partial charge in [0.15, 0.2) is 5.96 Å². The van der Waals surface area contributed by atoms with Crippen LogP contribution in [0.15, 0.2) is 29.3 Å². The zero-order valence-electron chi connectivity index (χ0n) is 17.6. The third-order valence-corrected chi connectivity index (χ3v) is 4.27. The number of guanidine groups is 1. The first kappa shape index (κ1) is 26.1. The monoisotopic (exact) mass is 490 g/mol. The summed E-state index contributed by atoms with van der Waals surface area (Å²) in [5.41, 5.74) is 2.61. The van der Waals surface area contributed by atoms with E-state index in [1.54, 1.807) is 0 Å². The standard InChI is InChI=1S/C21H38N4O.HI/c1-5-22-21(23-14-9-10-15-26-8-4)24-17-19-12-11-13-20(16-19)18-25(6-2)7-3;/h11-13,16H,5-10,14-15,17-18H2,1-4H3,(H2,22,23,24);1H. The topological polar surface area (TPSA) is 48.9 Å². The summed E-state index contributed by atoms with van der Waals surface area (Å²) in [4.78, 5) is 7.15. The summed E-state index contributed by atoms with van der Waals surface area (Å²) in [5, 5.41) is 6.73. The Morgan fingerprint density at radius 2 is 1.78 bits per heavy atom. The van der Waals surface area contributed by atoms with Crippen molar-refractivity contribution >= 4 is 29.9 Å². The zero-order valence-corrected chi connectivity index (χ0v) is 19.9. The molecule has 0 bridgehead atoms. The van der Waals surface area contributed by atoms with E-state index in [1.165, 1.54) is 11.1 Å². The van der Waals surface area contributed by atoms with Gasteiger partial charge in [-0.3, -0.25) is 4.90 Å². The lowest BCUT2D eigenvalue weighted by atomic mass is 10.1. The average Bonchev–Trinajstić information content (AvgIpc) is 2.67. The Labute approximate surface area is 183 Å². The van der Waals surface area contributed by atoms with Crippen LogP contribution in [0.3, 0.4) is 0 Å². The average molecular weight is 490 g/mol. The first-order valence-electron chi connectivity index (χ1n) is 10.1. The van der Waals surface area contributed by atoms with Crippen molar-refractivity contribution in [2.24, 2.45) is 4.99 Å². The third-order valence-electron chi connectivity index (χ3n) is 4.27. The molecular formula is C21H39IN4O. The maximum absolute atomic E-state index is 5.37. The molecular weight excluding hydrogens is 451 g/mol. The second-order valence-corrected chi connectivity index (χ2v) is 6.31. The molecule has 0 radical (unpaired) electrons. The van der Waals surface area contributed by atoms with Crippen LogP contribution in [0.2, 0.25) is 0 Å². The van der Waals surface area contributed by atoms with Gasteiger partial charge in [0.05, 0.1) is 6.54 Å². The number of ether oxygens (including phenoxy) is 1. The second kappa shape index (κ2) is 17.3. The van der Waals surface area contributed by atoms with E-state index in [0.717, 1.165) is 64.7 Å². The van der Waals surface area contributed by atoms with E-state index in [4.69, 9.17) is 9.73 Å². The minimum atomic E-state index is 0. The fraction of sp³-hybridized carbons (Fsp3) is 0.667. The van der Waals surface area contributed by atoms with Gasteiger partial charge < -0.3 is 15.4 Å². The summed E-state index contributed by atoms with van der Waals surface area (Å²) in [6.45, 7) is 15.8. The molecule has 0 fully saturated rings. The molecule has 156 valence electrons. The molecule has 27 heavy (non-hydrogen) atoms. The summed E-state index contributed by atoms with van der Waals surface area (Å²) in [6, 6.07) is 8.76. The van der Waals surface area contributed by atoms with Crippen LogP contribution in [0.25, 0.3) is 0 Å². The van der Waals surface area contributed by atoms with Crippen LogP contribution < -0.4 is 10.6 Å². The van der Waals surface area contributed by atoms with Gasteiger partial charge in [-0.1, -0.05) is 38.1 Å². The lowest BCUT2D eigenvalue weighted by Crippen LogP contribution is -2.37. The Morgan fingerprint density at radius 3 is 2.44 bits per heavy atom. The summed E-state index contributed by atoms with van der Waals surface area (Å²) >= 11 is 0. The van der Waals surface area contributed by atoms with E-state index < -0.39 is 0 Å². The molecule has 0 unspecified atom stereocenters. The molecule has 2 N–H and O–H groups in total. The van der Waals surface area contributed by atoms with Crippen molar-refractivity contribution in [3.05, 3.63) is 35.4 Å². The SMILES string of the molecule is CCNC(=NCc1cccc(CN(CC)CC)c1)NCCCCOCC.I. The lowest BCUT2D eigenvalue weighted by Gasteiger charge is -2.18. The van der Waals surface area contributed by atoms with E-state index in [9.17, 15) is 0 Å². The van der Waals surface area contributed by atoms with Crippen LogP contribution in [0.5, 0.6) is 0 Å². The van der Waals surface area contributed by atoms with Crippen molar-refractivity contribution < 1.29 is 4.74 Å². The zero-order chi connectivity index (χ0) is 19.0. The minimum absolute atomic E-state index is 0. The van der Waals surface area contributed by atoms with Crippen molar-refractivity contribution in [2.45, 2.75) is 53.6 Å². The highest BCUT2D eigenvalue weighted by atomic mass is 127. The predicted molar refractivity (Wildman–Crippen MR) is 127 cm³/mol. The molecule has 0 aliphatic rings. The molecule has 0 heterocycles. The minimum Gasteiger partial charge on any atom is -0.382 e. The first-order chi connectivity index (χ1) is 12.7. The number of nitrogens with one attached hydrogen (secondary N) is 2. The van der Waals surface area contributed by atoms with E-state index in [-0.39, 0.29) is 24.0 Å². The van der Waals surface area contributed by atoms with E-state index in [0.29, 0.717) is 6.54 Å². The van der Waals surface area contributed by atoms with Gasteiger partial charge in [-0.05, 0) is 50.9 Å². The normalized spacial score (nSPS) is 11.4. The third kappa shape index (κ3) is 12.3. The quantitative estimate of drug-likeness (QED) is 0.190. The fourth-order valence-corrected chi connectivity index (χ4v) is 2.72. The van der Waals surface area contributed by atoms with Gasteiger partial charge in [0.2, 0.25) is 0 Å². The number of hydrogen-bond acceptors (Lipinski definition) is 3. The summed E-state index contributed by atoms with van der Waals surface area (Å²) < 4.78 is 5.37. The predicted octanol–water partition coefficient (Wildman–Crippen LogP) is 4.02. The van der Waals surface area contributed by atoms with Gasteiger partial charge in [0.25, 0.3) is 0 Å². The van der Waals surface area contributed by atoms with Crippen molar-refractivity contribution in [3.63, 3.8) is 0 Å². The lowest BCUT2D eigenvalue weighted by molar-refractivity contribution is 0.143. The number of unbranched alkanes of at least 4 members (excludes halogenated alkanes) is 1. The molecule has 0 spiro atoms. The maximum Gasteiger partial charge on any atom is 0.191 e. The summed E-state index contributed by atoms with van der Waals surface area (Å²) in [6.07, 6.45) is 2.16. The number of nitrogens with zero attached hydrogens (tertiary/aromatic N) is 2. The maximum atomic E-state index is 5.37. The first-order valence-corrected chi connectivity index (χ1v) is 10.1. The largest absolute Gasteiger partial charge is 0.382 e. The molecule has 0 aromatic heterocycles. The molecule has 1 aromatic rings. The Morgan fingerprint density at radius 1 is 1.04 bits per heavy atom. The van der Waals surface area contributed by atoms with E-state index >= 15 is 0 Å². The van der Waals surface area contributed by atoms with Crippen molar-refractivity contribution in [1.29, 1.82) is 0 Å². The Balaban J connectivity index is 0.00000676. The number of hydrogen-bond donors (Lipinski definition) is 2. The molecule has 1 aromatic carbocycles. The molecule has 0 saturated carbocycles. The van der Waals surface area contributed by atoms with Gasteiger partial charge >= 0.3 is 0 Å². The fourth-order valence-electron chi connectivity index (χ4n) is 2.72. The number of benzene rings is 1. The molecule has 5 nitrogen and oxygen atoms in total. The van der Waals surface area contributed by atoms with Crippen LogP contribution in [-0.2, 0) is 17.8 Å². The second-order valence-electron chi connectivity index (χ2n) is 6.31. The van der Waals surface area contributed by atoms with Crippen molar-refractivity contribution in [1.82, 2.24) is 15.5 Å². The number of aliphatic imine (C=N–C) groups is 1. The summed E-state index contributed by atoms with van der Waals surface area (Å²) in [5.74, 6) is 0.887. The molecule has 1 rings (SSSR count). The number of rotatable bonds is 13. The summed E-state index contributed by atoms with van der Waals surface area (Å²) in [7, 11) is 0. The molecule has 0 saturated heterocycles. The van der Waals surface area contributed by atoms with Gasteiger partial charge in [0, 0.05) is 32.8 Å². The number of halogens is 1. The highest BCUT2D eigenvalue weighted by Gasteiger charge is 2.03. The molecule has 6 heteroatoms. The van der Waals surface area contributed by atoms with Gasteiger partial charge in [-0.15, -0.1) is 24.0 Å². The Hall–Kier alpha value is -0.860. The van der Waals surface area contributed by atoms with Gasteiger partial charge in [0.1, 0.15) is 0 Å². The molecule has 0 atom stereocenters. The molecule has 0 amide bonds. The van der Waals surface area contributed by atoms with Crippen molar-refractivity contribution in [2.75, 3.05) is 39.4 Å². The highest BCUT2D eigenvalue weighted by Crippen LogP contribution is 2.09. The smallest absolute Gasteiger partial charge is 0.191 e. The van der Waals surface area contributed by atoms with Crippen molar-refractivity contribution in [3.8, 4) is 0 Å². The highest BCUT2D eigenvalue weighted by molar-refractivity contribution is 14.0. The Bertz CT molecular complexity index is 507.